The smallest absolute Gasteiger partial charge is 0.234 e. The number of rotatable bonds is 8. The summed E-state index contributed by atoms with van der Waals surface area (Å²) in [4.78, 5) is 23.0. The van der Waals surface area contributed by atoms with E-state index in [0.717, 1.165) is 29.4 Å². The van der Waals surface area contributed by atoms with Crippen molar-refractivity contribution in [2.24, 2.45) is 0 Å². The molecule has 28 heavy (non-hydrogen) atoms. The summed E-state index contributed by atoms with van der Waals surface area (Å²) in [5.41, 5.74) is 2.68. The van der Waals surface area contributed by atoms with E-state index in [2.05, 4.69) is 25.5 Å². The van der Waals surface area contributed by atoms with Gasteiger partial charge in [-0.1, -0.05) is 6.07 Å². The minimum absolute atomic E-state index is 0.00383. The largest absolute Gasteiger partial charge is 0.383 e. The molecule has 0 bridgehead atoms. The number of carbonyl (C=O) groups is 1. The number of nitrogens with one attached hydrogen (secondary N) is 2. The minimum Gasteiger partial charge on any atom is -0.383 e. The second kappa shape index (κ2) is 10.1. The topological polar surface area (TPSA) is 88.6 Å². The number of morpholine rings is 1. The van der Waals surface area contributed by atoms with Gasteiger partial charge in [-0.3, -0.25) is 14.7 Å². The van der Waals surface area contributed by atoms with Gasteiger partial charge in [0.25, 0.3) is 0 Å². The number of hydrogen-bond acceptors (Lipinski definition) is 7. The van der Waals surface area contributed by atoms with Gasteiger partial charge in [0.15, 0.2) is 0 Å². The van der Waals surface area contributed by atoms with Crippen LogP contribution in [0.25, 0.3) is 0 Å². The Morgan fingerprint density at radius 2 is 2.25 bits per heavy atom. The van der Waals surface area contributed by atoms with E-state index in [1.54, 1.807) is 13.3 Å². The van der Waals surface area contributed by atoms with Crippen LogP contribution in [-0.2, 0) is 14.3 Å². The van der Waals surface area contributed by atoms with Crippen molar-refractivity contribution in [2.75, 3.05) is 51.8 Å². The second-order valence-electron chi connectivity index (χ2n) is 6.70. The van der Waals surface area contributed by atoms with Crippen molar-refractivity contribution < 1.29 is 14.3 Å². The number of anilines is 2. The van der Waals surface area contributed by atoms with Crippen LogP contribution in [0, 0.1) is 6.92 Å². The Morgan fingerprint density at radius 1 is 1.36 bits per heavy atom. The van der Waals surface area contributed by atoms with Crippen LogP contribution in [0.15, 0.2) is 36.5 Å². The average Bonchev–Trinajstić information content (AvgIpc) is 2.69. The molecule has 1 amide bonds. The first-order valence-electron chi connectivity index (χ1n) is 9.40. The first-order chi connectivity index (χ1) is 13.6. The summed E-state index contributed by atoms with van der Waals surface area (Å²) in [5.74, 6) is 0.782. The van der Waals surface area contributed by atoms with E-state index in [9.17, 15) is 4.79 Å². The quantitative estimate of drug-likeness (QED) is 0.668. The summed E-state index contributed by atoms with van der Waals surface area (Å²) in [6.45, 7) is 5.28. The van der Waals surface area contributed by atoms with Crippen molar-refractivity contribution in [3.63, 3.8) is 0 Å². The van der Waals surface area contributed by atoms with Crippen LogP contribution >= 0.6 is 0 Å². The normalized spacial score (nSPS) is 17.3. The number of ether oxygens (including phenoxy) is 2. The predicted octanol–water partition coefficient (Wildman–Crippen LogP) is 1.66. The molecule has 0 saturated carbocycles. The molecule has 8 nitrogen and oxygen atoms in total. The molecule has 8 heteroatoms. The zero-order valence-corrected chi connectivity index (χ0v) is 16.4. The fourth-order valence-corrected chi connectivity index (χ4v) is 3.01. The van der Waals surface area contributed by atoms with Gasteiger partial charge in [0.05, 0.1) is 37.3 Å². The lowest BCUT2D eigenvalue weighted by Crippen LogP contribution is -2.44. The first-order valence-corrected chi connectivity index (χ1v) is 9.40. The van der Waals surface area contributed by atoms with Crippen molar-refractivity contribution in [1.29, 1.82) is 0 Å². The monoisotopic (exact) mass is 385 g/mol. The van der Waals surface area contributed by atoms with Crippen LogP contribution in [0.1, 0.15) is 17.5 Å². The number of pyridine rings is 2. The van der Waals surface area contributed by atoms with Gasteiger partial charge in [0.2, 0.25) is 5.91 Å². The molecule has 1 atom stereocenters. The lowest BCUT2D eigenvalue weighted by Gasteiger charge is -2.32. The fourth-order valence-electron chi connectivity index (χ4n) is 3.01. The van der Waals surface area contributed by atoms with E-state index in [-0.39, 0.29) is 12.0 Å². The third kappa shape index (κ3) is 5.98. The highest BCUT2D eigenvalue weighted by Gasteiger charge is 2.24. The molecule has 0 aromatic carbocycles. The Labute approximate surface area is 165 Å². The number of hydrogen-bond donors (Lipinski definition) is 2. The molecule has 0 unspecified atom stereocenters. The van der Waals surface area contributed by atoms with E-state index in [1.165, 1.54) is 0 Å². The molecule has 3 heterocycles. The molecule has 1 saturated heterocycles. The van der Waals surface area contributed by atoms with Crippen molar-refractivity contribution in [1.82, 2.24) is 20.2 Å². The molecule has 0 aliphatic carbocycles. The van der Waals surface area contributed by atoms with Crippen molar-refractivity contribution in [3.05, 3.63) is 47.9 Å². The lowest BCUT2D eigenvalue weighted by atomic mass is 10.2. The molecule has 1 fully saturated rings. The molecule has 1 aliphatic rings. The summed E-state index contributed by atoms with van der Waals surface area (Å²) >= 11 is 0. The number of amides is 1. The van der Waals surface area contributed by atoms with Gasteiger partial charge in [0, 0.05) is 32.4 Å². The van der Waals surface area contributed by atoms with Crippen LogP contribution in [0.5, 0.6) is 0 Å². The molecule has 2 aromatic heterocycles. The van der Waals surface area contributed by atoms with Crippen LogP contribution in [0.4, 0.5) is 11.5 Å². The Balaban J connectivity index is 1.53. The third-order valence-corrected chi connectivity index (χ3v) is 4.42. The summed E-state index contributed by atoms with van der Waals surface area (Å²) in [6.07, 6.45) is 1.63. The Hall–Kier alpha value is -2.55. The zero-order chi connectivity index (χ0) is 19.8. The van der Waals surface area contributed by atoms with Crippen LogP contribution < -0.4 is 10.6 Å². The third-order valence-electron chi connectivity index (χ3n) is 4.42. The Kier molecular flexibility index (Phi) is 7.30. The number of methoxy groups -OCH3 is 1. The first kappa shape index (κ1) is 20.2. The molecular formula is C20H27N5O3. The summed E-state index contributed by atoms with van der Waals surface area (Å²) in [7, 11) is 1.62. The number of aryl methyl sites for hydroxylation is 1. The predicted molar refractivity (Wildman–Crippen MR) is 107 cm³/mol. The highest BCUT2D eigenvalue weighted by atomic mass is 16.5. The highest BCUT2D eigenvalue weighted by molar-refractivity contribution is 5.78. The molecule has 3 rings (SSSR count). The van der Waals surface area contributed by atoms with Crippen molar-refractivity contribution in [3.8, 4) is 0 Å². The maximum absolute atomic E-state index is 12.0. The minimum atomic E-state index is -0.147. The van der Waals surface area contributed by atoms with Gasteiger partial charge in [-0.05, 0) is 31.2 Å². The molecule has 150 valence electrons. The van der Waals surface area contributed by atoms with Crippen LogP contribution in [-0.4, -0.2) is 67.3 Å². The van der Waals surface area contributed by atoms with E-state index in [4.69, 9.17) is 9.47 Å². The summed E-state index contributed by atoms with van der Waals surface area (Å²) < 4.78 is 10.8. The van der Waals surface area contributed by atoms with Crippen LogP contribution in [0.3, 0.4) is 0 Å². The SMILES string of the molecule is COCCNC(=O)CN1CCO[C@H](c2ccc(Nc3cccc(C)n3)cn2)C1. The van der Waals surface area contributed by atoms with Gasteiger partial charge in [-0.15, -0.1) is 0 Å². The molecule has 0 spiro atoms. The van der Waals surface area contributed by atoms with Gasteiger partial charge in [-0.2, -0.15) is 0 Å². The summed E-state index contributed by atoms with van der Waals surface area (Å²) in [6, 6.07) is 9.75. The van der Waals surface area contributed by atoms with Gasteiger partial charge in [-0.25, -0.2) is 4.98 Å². The molecule has 1 aliphatic heterocycles. The standard InChI is InChI=1S/C20H27N5O3/c1-15-4-3-5-19(23-15)24-16-6-7-17(22-12-16)18-13-25(9-11-28-18)14-20(26)21-8-10-27-2/h3-7,12,18H,8-11,13-14H2,1-2H3,(H,21,26)(H,23,24)/t18-/m0/s1. The lowest BCUT2D eigenvalue weighted by molar-refractivity contribution is -0.124. The molecule has 0 radical (unpaired) electrons. The molecular weight excluding hydrogens is 358 g/mol. The van der Waals surface area contributed by atoms with E-state index >= 15 is 0 Å². The van der Waals surface area contributed by atoms with E-state index in [0.29, 0.717) is 32.8 Å². The van der Waals surface area contributed by atoms with Gasteiger partial charge in [0.1, 0.15) is 11.9 Å². The van der Waals surface area contributed by atoms with E-state index in [1.807, 2.05) is 37.3 Å². The highest BCUT2D eigenvalue weighted by Crippen LogP contribution is 2.22. The van der Waals surface area contributed by atoms with Crippen molar-refractivity contribution in [2.45, 2.75) is 13.0 Å². The molecule has 2 aromatic rings. The fraction of sp³-hybridized carbons (Fsp3) is 0.450. The van der Waals surface area contributed by atoms with Crippen molar-refractivity contribution >= 4 is 17.4 Å². The van der Waals surface area contributed by atoms with E-state index < -0.39 is 0 Å². The van der Waals surface area contributed by atoms with Crippen LogP contribution in [0.2, 0.25) is 0 Å². The Bertz CT molecular complexity index is 769. The number of carbonyl (C=O) groups excluding carboxylic acids is 1. The Morgan fingerprint density at radius 3 is 3.00 bits per heavy atom. The zero-order valence-electron chi connectivity index (χ0n) is 16.4. The maximum Gasteiger partial charge on any atom is 0.234 e. The summed E-state index contributed by atoms with van der Waals surface area (Å²) in [5, 5.41) is 6.09. The number of nitrogens with zero attached hydrogens (tertiary/aromatic N) is 3. The number of aromatic nitrogens is 2. The van der Waals surface area contributed by atoms with Gasteiger partial charge >= 0.3 is 0 Å². The maximum atomic E-state index is 12.0. The second-order valence-corrected chi connectivity index (χ2v) is 6.70. The molecule has 2 N–H and O–H groups in total. The van der Waals surface area contributed by atoms with Gasteiger partial charge < -0.3 is 20.1 Å². The average molecular weight is 385 g/mol.